The van der Waals surface area contributed by atoms with E-state index in [-0.39, 0.29) is 24.3 Å². The zero-order chi connectivity index (χ0) is 25.1. The summed E-state index contributed by atoms with van der Waals surface area (Å²) in [6, 6.07) is 13.3. The van der Waals surface area contributed by atoms with Crippen molar-refractivity contribution in [1.82, 2.24) is 19.8 Å². The molecule has 0 saturated carbocycles. The van der Waals surface area contributed by atoms with Gasteiger partial charge in [-0.05, 0) is 62.5 Å². The zero-order valence-corrected chi connectivity index (χ0v) is 20.7. The van der Waals surface area contributed by atoms with Crippen molar-refractivity contribution in [1.29, 1.82) is 0 Å². The van der Waals surface area contributed by atoms with Crippen LogP contribution in [0.2, 0.25) is 0 Å². The van der Waals surface area contributed by atoms with Crippen LogP contribution in [0.4, 0.5) is 0 Å². The van der Waals surface area contributed by atoms with Gasteiger partial charge in [-0.15, -0.1) is 0 Å². The van der Waals surface area contributed by atoms with Crippen LogP contribution in [0.5, 0.6) is 5.75 Å². The number of hydrogen-bond donors (Lipinski definition) is 1. The smallest absolute Gasteiger partial charge is 0.265 e. The van der Waals surface area contributed by atoms with E-state index in [1.807, 2.05) is 6.07 Å². The number of carbonyl (C=O) groups excluding carboxylic acids is 2. The van der Waals surface area contributed by atoms with Crippen molar-refractivity contribution >= 4 is 22.7 Å². The molecule has 36 heavy (non-hydrogen) atoms. The van der Waals surface area contributed by atoms with Crippen LogP contribution in [0, 0.1) is 6.92 Å². The SMILES string of the molecule is Cc1nc2cccc(OCCc3ccc(CN4CCCCC4)cc3)c2c(=O)n1C1CCC(=O)NC1=O. The number of nitrogens with one attached hydrogen (secondary N) is 1. The molecule has 0 spiro atoms. The van der Waals surface area contributed by atoms with Crippen LogP contribution >= 0.6 is 0 Å². The van der Waals surface area contributed by atoms with Crippen molar-refractivity contribution in [2.45, 2.75) is 58.0 Å². The summed E-state index contributed by atoms with van der Waals surface area (Å²) in [7, 11) is 0. The van der Waals surface area contributed by atoms with Gasteiger partial charge in [0.1, 0.15) is 23.0 Å². The van der Waals surface area contributed by atoms with Crippen LogP contribution in [0.15, 0.2) is 47.3 Å². The lowest BCUT2D eigenvalue weighted by Crippen LogP contribution is -2.45. The molecule has 5 rings (SSSR count). The highest BCUT2D eigenvalue weighted by molar-refractivity contribution is 5.99. The lowest BCUT2D eigenvalue weighted by atomic mass is 10.1. The van der Waals surface area contributed by atoms with Gasteiger partial charge >= 0.3 is 0 Å². The second kappa shape index (κ2) is 10.6. The molecule has 8 heteroatoms. The minimum absolute atomic E-state index is 0.190. The maximum absolute atomic E-state index is 13.5. The quantitative estimate of drug-likeness (QED) is 0.513. The molecule has 2 saturated heterocycles. The number of imide groups is 1. The van der Waals surface area contributed by atoms with Crippen LogP contribution in [0.25, 0.3) is 10.9 Å². The third-order valence-corrected chi connectivity index (χ3v) is 7.12. The first-order valence-corrected chi connectivity index (χ1v) is 12.8. The number of carbonyl (C=O) groups is 2. The topological polar surface area (TPSA) is 93.5 Å². The van der Waals surface area contributed by atoms with Crippen molar-refractivity contribution in [3.63, 3.8) is 0 Å². The van der Waals surface area contributed by atoms with Crippen molar-refractivity contribution < 1.29 is 14.3 Å². The third-order valence-electron chi connectivity index (χ3n) is 7.12. The molecule has 8 nitrogen and oxygen atoms in total. The van der Waals surface area contributed by atoms with E-state index >= 15 is 0 Å². The number of benzene rings is 2. The van der Waals surface area contributed by atoms with Gasteiger partial charge in [0.15, 0.2) is 0 Å². The summed E-state index contributed by atoms with van der Waals surface area (Å²) in [5.74, 6) is 0.0931. The summed E-state index contributed by atoms with van der Waals surface area (Å²) in [5, 5.41) is 2.68. The minimum atomic E-state index is -0.761. The molecule has 1 atom stereocenters. The van der Waals surface area contributed by atoms with Gasteiger partial charge in [0.25, 0.3) is 5.56 Å². The largest absolute Gasteiger partial charge is 0.492 e. The Hall–Kier alpha value is -3.52. The van der Waals surface area contributed by atoms with Gasteiger partial charge in [-0.1, -0.05) is 36.8 Å². The molecule has 1 aromatic heterocycles. The molecule has 0 bridgehead atoms. The summed E-state index contributed by atoms with van der Waals surface area (Å²) in [5.41, 5.74) is 2.70. The first kappa shape index (κ1) is 24.2. The Kier molecular flexibility index (Phi) is 7.13. The van der Waals surface area contributed by atoms with Crippen molar-refractivity contribution in [2.24, 2.45) is 0 Å². The molecule has 2 amide bonds. The maximum Gasteiger partial charge on any atom is 0.265 e. The molecule has 1 N–H and O–H groups in total. The maximum atomic E-state index is 13.5. The van der Waals surface area contributed by atoms with E-state index in [4.69, 9.17) is 4.74 Å². The number of fused-ring (bicyclic) bond motifs is 1. The average molecular weight is 489 g/mol. The molecule has 0 aliphatic carbocycles. The minimum Gasteiger partial charge on any atom is -0.492 e. The number of ether oxygens (including phenoxy) is 1. The molecule has 2 fully saturated rings. The van der Waals surface area contributed by atoms with Gasteiger partial charge in [-0.25, -0.2) is 4.98 Å². The number of piperidine rings is 2. The van der Waals surface area contributed by atoms with Crippen LogP contribution in [0.3, 0.4) is 0 Å². The molecular weight excluding hydrogens is 456 g/mol. The highest BCUT2D eigenvalue weighted by Gasteiger charge is 2.31. The number of hydrogen-bond acceptors (Lipinski definition) is 6. The number of nitrogens with zero attached hydrogens (tertiary/aromatic N) is 3. The summed E-state index contributed by atoms with van der Waals surface area (Å²) in [4.78, 5) is 44.6. The van der Waals surface area contributed by atoms with Gasteiger partial charge < -0.3 is 4.74 Å². The lowest BCUT2D eigenvalue weighted by molar-refractivity contribution is -0.135. The standard InChI is InChI=1S/C28H32N4O4/c1-19-29-22-6-5-7-24(26(22)28(35)32(19)23-12-13-25(33)30-27(23)34)36-17-14-20-8-10-21(11-9-20)18-31-15-3-2-4-16-31/h5-11,23H,2-4,12-18H2,1H3,(H,30,33,34). The highest BCUT2D eigenvalue weighted by Crippen LogP contribution is 2.25. The summed E-state index contributed by atoms with van der Waals surface area (Å²) < 4.78 is 7.45. The fourth-order valence-corrected chi connectivity index (χ4v) is 5.20. The fourth-order valence-electron chi connectivity index (χ4n) is 5.20. The second-order valence-electron chi connectivity index (χ2n) is 9.70. The van der Waals surface area contributed by atoms with Gasteiger partial charge in [0.05, 0.1) is 12.1 Å². The fraction of sp³-hybridized carbons (Fsp3) is 0.429. The first-order chi connectivity index (χ1) is 17.5. The van der Waals surface area contributed by atoms with Gasteiger partial charge in [-0.3, -0.25) is 29.2 Å². The molecule has 0 radical (unpaired) electrons. The van der Waals surface area contributed by atoms with E-state index in [1.54, 1.807) is 19.1 Å². The predicted molar refractivity (Wildman–Crippen MR) is 137 cm³/mol. The van der Waals surface area contributed by atoms with Crippen LogP contribution in [0.1, 0.15) is 55.1 Å². The summed E-state index contributed by atoms with van der Waals surface area (Å²) >= 11 is 0. The lowest BCUT2D eigenvalue weighted by Gasteiger charge is -2.26. The van der Waals surface area contributed by atoms with Crippen LogP contribution < -0.4 is 15.6 Å². The normalized spacial score (nSPS) is 18.9. The van der Waals surface area contributed by atoms with E-state index in [0.717, 1.165) is 6.54 Å². The average Bonchev–Trinajstić information content (AvgIpc) is 2.87. The molecule has 1 unspecified atom stereocenters. The zero-order valence-electron chi connectivity index (χ0n) is 20.7. The Labute approximate surface area is 210 Å². The van der Waals surface area contributed by atoms with E-state index < -0.39 is 11.9 Å². The van der Waals surface area contributed by atoms with Crippen LogP contribution in [-0.2, 0) is 22.6 Å². The van der Waals surface area contributed by atoms with Crippen molar-refractivity contribution in [2.75, 3.05) is 19.7 Å². The molecule has 2 aliphatic heterocycles. The number of amides is 2. The Balaban J connectivity index is 1.29. The van der Waals surface area contributed by atoms with Gasteiger partial charge in [0.2, 0.25) is 11.8 Å². The van der Waals surface area contributed by atoms with E-state index in [2.05, 4.69) is 39.5 Å². The second-order valence-corrected chi connectivity index (χ2v) is 9.70. The molecular formula is C28H32N4O4. The Morgan fingerprint density at radius 3 is 2.50 bits per heavy atom. The Bertz CT molecular complexity index is 1330. The predicted octanol–water partition coefficient (Wildman–Crippen LogP) is 3.29. The molecule has 2 aliphatic rings. The number of rotatable bonds is 7. The number of aryl methyl sites for hydroxylation is 1. The van der Waals surface area contributed by atoms with E-state index in [9.17, 15) is 14.4 Å². The summed E-state index contributed by atoms with van der Waals surface area (Å²) in [6.07, 6.45) is 5.09. The van der Waals surface area contributed by atoms with E-state index in [1.165, 1.54) is 48.0 Å². The first-order valence-electron chi connectivity index (χ1n) is 12.8. The highest BCUT2D eigenvalue weighted by atomic mass is 16.5. The van der Waals surface area contributed by atoms with Crippen LogP contribution in [-0.4, -0.2) is 46.0 Å². The van der Waals surface area contributed by atoms with Gasteiger partial charge in [-0.2, -0.15) is 0 Å². The molecule has 188 valence electrons. The van der Waals surface area contributed by atoms with E-state index in [0.29, 0.717) is 35.5 Å². The Morgan fingerprint density at radius 1 is 1.00 bits per heavy atom. The Morgan fingerprint density at radius 2 is 1.75 bits per heavy atom. The molecule has 2 aromatic carbocycles. The van der Waals surface area contributed by atoms with Gasteiger partial charge in [0, 0.05) is 19.4 Å². The third kappa shape index (κ3) is 5.18. The summed E-state index contributed by atoms with van der Waals surface area (Å²) in [6.45, 7) is 5.47. The molecule has 3 heterocycles. The molecule has 3 aromatic rings. The number of aromatic nitrogens is 2. The number of likely N-dealkylation sites (tertiary alicyclic amines) is 1. The van der Waals surface area contributed by atoms with Crippen molar-refractivity contribution in [3.8, 4) is 5.75 Å². The monoisotopic (exact) mass is 488 g/mol. The van der Waals surface area contributed by atoms with Crippen molar-refractivity contribution in [3.05, 3.63) is 69.8 Å².